The SMILES string of the molecule is CC1(C)Cc2c(cnn2Cc2ccccc2)[C@@H](NC(=O)c2cc(=O)c3ccccc3o2)C1. The van der Waals surface area contributed by atoms with E-state index >= 15 is 0 Å². The summed E-state index contributed by atoms with van der Waals surface area (Å²) in [6.07, 6.45) is 3.52. The van der Waals surface area contributed by atoms with Crippen LogP contribution >= 0.6 is 0 Å². The standard InChI is InChI=1S/C26H25N3O3/c1-26(2)13-20(19-15-27-29(21(19)14-26)16-17-8-4-3-5-9-17)28-25(31)24-12-22(30)18-10-6-7-11-23(18)32-24/h3-12,15,20H,13-14,16H2,1-2H3,(H,28,31)/t20-/m0/s1. The highest BCUT2D eigenvalue weighted by molar-refractivity contribution is 5.93. The highest BCUT2D eigenvalue weighted by atomic mass is 16.3. The van der Waals surface area contributed by atoms with Crippen molar-refractivity contribution in [2.45, 2.75) is 39.3 Å². The third-order valence-corrected chi connectivity index (χ3v) is 6.10. The Kier molecular flexibility index (Phi) is 4.93. The normalized spacial score (nSPS) is 17.1. The molecule has 0 radical (unpaired) electrons. The topological polar surface area (TPSA) is 77.1 Å². The van der Waals surface area contributed by atoms with Crippen LogP contribution in [0, 0.1) is 5.41 Å². The molecule has 2 aromatic heterocycles. The molecule has 0 spiro atoms. The Balaban J connectivity index is 1.45. The molecule has 6 nitrogen and oxygen atoms in total. The van der Waals surface area contributed by atoms with Gasteiger partial charge in [-0.1, -0.05) is 56.3 Å². The second-order valence-corrected chi connectivity index (χ2v) is 9.23. The number of amides is 1. The fraction of sp³-hybridized carbons (Fsp3) is 0.269. The number of nitrogens with zero attached hydrogens (tertiary/aromatic N) is 2. The molecule has 1 aliphatic rings. The van der Waals surface area contributed by atoms with Crippen molar-refractivity contribution in [3.05, 3.63) is 99.7 Å². The summed E-state index contributed by atoms with van der Waals surface area (Å²) in [5, 5.41) is 8.19. The Morgan fingerprint density at radius 1 is 1.16 bits per heavy atom. The smallest absolute Gasteiger partial charge is 0.287 e. The predicted octanol–water partition coefficient (Wildman–Crippen LogP) is 4.48. The molecule has 0 fully saturated rings. The Morgan fingerprint density at radius 3 is 2.72 bits per heavy atom. The zero-order chi connectivity index (χ0) is 22.3. The number of benzene rings is 2. The summed E-state index contributed by atoms with van der Waals surface area (Å²) in [6.45, 7) is 5.09. The van der Waals surface area contributed by atoms with E-state index in [1.54, 1.807) is 24.3 Å². The molecule has 5 rings (SSSR count). The molecule has 2 heterocycles. The van der Waals surface area contributed by atoms with E-state index in [2.05, 4.69) is 36.4 Å². The van der Waals surface area contributed by atoms with Crippen LogP contribution < -0.4 is 10.7 Å². The molecule has 32 heavy (non-hydrogen) atoms. The molecule has 1 amide bonds. The first-order valence-electron chi connectivity index (χ1n) is 10.8. The first-order valence-corrected chi connectivity index (χ1v) is 10.8. The summed E-state index contributed by atoms with van der Waals surface area (Å²) in [6, 6.07) is 18.2. The molecule has 1 atom stereocenters. The number of carbonyl (C=O) groups is 1. The second-order valence-electron chi connectivity index (χ2n) is 9.23. The number of nitrogens with one attached hydrogen (secondary N) is 1. The van der Waals surface area contributed by atoms with E-state index in [0.29, 0.717) is 17.5 Å². The summed E-state index contributed by atoms with van der Waals surface area (Å²) in [7, 11) is 0. The minimum absolute atomic E-state index is 0.0103. The van der Waals surface area contributed by atoms with Crippen molar-refractivity contribution in [1.29, 1.82) is 0 Å². The maximum Gasteiger partial charge on any atom is 0.287 e. The van der Waals surface area contributed by atoms with Gasteiger partial charge in [0.25, 0.3) is 5.91 Å². The van der Waals surface area contributed by atoms with Crippen molar-refractivity contribution >= 4 is 16.9 Å². The van der Waals surface area contributed by atoms with E-state index < -0.39 is 5.91 Å². The van der Waals surface area contributed by atoms with Crippen molar-refractivity contribution in [3.63, 3.8) is 0 Å². The average molecular weight is 428 g/mol. The second kappa shape index (κ2) is 7.79. The Bertz CT molecular complexity index is 1350. The molecular weight excluding hydrogens is 402 g/mol. The van der Waals surface area contributed by atoms with Crippen molar-refractivity contribution in [2.24, 2.45) is 5.41 Å². The lowest BCUT2D eigenvalue weighted by atomic mass is 9.74. The third kappa shape index (κ3) is 3.84. The number of fused-ring (bicyclic) bond motifs is 2. The van der Waals surface area contributed by atoms with Gasteiger partial charge in [-0.3, -0.25) is 14.3 Å². The maximum atomic E-state index is 13.1. The van der Waals surface area contributed by atoms with E-state index in [9.17, 15) is 9.59 Å². The molecule has 2 aromatic carbocycles. The fourth-order valence-electron chi connectivity index (χ4n) is 4.56. The van der Waals surface area contributed by atoms with E-state index in [-0.39, 0.29) is 22.6 Å². The number of hydrogen-bond donors (Lipinski definition) is 1. The van der Waals surface area contributed by atoms with Crippen molar-refractivity contribution < 1.29 is 9.21 Å². The van der Waals surface area contributed by atoms with Gasteiger partial charge in [0, 0.05) is 17.3 Å². The molecular formula is C26H25N3O3. The lowest BCUT2D eigenvalue weighted by molar-refractivity contribution is 0.0891. The van der Waals surface area contributed by atoms with Gasteiger partial charge in [0.1, 0.15) is 5.58 Å². The van der Waals surface area contributed by atoms with Crippen molar-refractivity contribution in [2.75, 3.05) is 0 Å². The van der Waals surface area contributed by atoms with Crippen LogP contribution in [0.15, 0.2) is 76.1 Å². The number of para-hydroxylation sites is 1. The van der Waals surface area contributed by atoms with Gasteiger partial charge >= 0.3 is 0 Å². The van der Waals surface area contributed by atoms with Crippen LogP contribution in [0.1, 0.15) is 53.7 Å². The minimum Gasteiger partial charge on any atom is -0.451 e. The minimum atomic E-state index is -0.391. The maximum absolute atomic E-state index is 13.1. The number of carbonyl (C=O) groups excluding carboxylic acids is 1. The summed E-state index contributed by atoms with van der Waals surface area (Å²) >= 11 is 0. The summed E-state index contributed by atoms with van der Waals surface area (Å²) in [5.41, 5.74) is 3.51. The van der Waals surface area contributed by atoms with Crippen LogP contribution in [0.25, 0.3) is 11.0 Å². The lowest BCUT2D eigenvalue weighted by Gasteiger charge is -2.36. The van der Waals surface area contributed by atoms with Gasteiger partial charge in [-0.25, -0.2) is 0 Å². The van der Waals surface area contributed by atoms with Gasteiger partial charge in [0.05, 0.1) is 24.2 Å². The Morgan fingerprint density at radius 2 is 1.91 bits per heavy atom. The van der Waals surface area contributed by atoms with Gasteiger partial charge in [0.15, 0.2) is 11.2 Å². The molecule has 0 aliphatic heterocycles. The number of aromatic nitrogens is 2. The molecule has 0 saturated carbocycles. The van der Waals surface area contributed by atoms with Gasteiger partial charge in [-0.2, -0.15) is 5.10 Å². The van der Waals surface area contributed by atoms with Crippen LogP contribution in [0.4, 0.5) is 0 Å². The zero-order valence-corrected chi connectivity index (χ0v) is 18.2. The summed E-state index contributed by atoms with van der Waals surface area (Å²) < 4.78 is 7.77. The van der Waals surface area contributed by atoms with Crippen LogP contribution in [0.5, 0.6) is 0 Å². The highest BCUT2D eigenvalue weighted by Gasteiger charge is 2.36. The monoisotopic (exact) mass is 427 g/mol. The molecule has 162 valence electrons. The summed E-state index contributed by atoms with van der Waals surface area (Å²) in [4.78, 5) is 25.5. The van der Waals surface area contributed by atoms with E-state index in [1.807, 2.05) is 29.1 Å². The van der Waals surface area contributed by atoms with Gasteiger partial charge < -0.3 is 9.73 Å². The molecule has 4 aromatic rings. The number of hydrogen-bond acceptors (Lipinski definition) is 4. The van der Waals surface area contributed by atoms with Crippen LogP contribution in [0.3, 0.4) is 0 Å². The quantitative estimate of drug-likeness (QED) is 0.521. The van der Waals surface area contributed by atoms with Crippen LogP contribution in [-0.2, 0) is 13.0 Å². The van der Waals surface area contributed by atoms with E-state index in [4.69, 9.17) is 4.42 Å². The molecule has 0 unspecified atom stereocenters. The first-order chi connectivity index (χ1) is 15.4. The highest BCUT2D eigenvalue weighted by Crippen LogP contribution is 2.41. The van der Waals surface area contributed by atoms with Crippen molar-refractivity contribution in [1.82, 2.24) is 15.1 Å². The molecule has 6 heteroatoms. The first kappa shape index (κ1) is 20.2. The van der Waals surface area contributed by atoms with Crippen LogP contribution in [0.2, 0.25) is 0 Å². The molecule has 0 saturated heterocycles. The van der Waals surface area contributed by atoms with Crippen molar-refractivity contribution in [3.8, 4) is 0 Å². The van der Waals surface area contributed by atoms with Gasteiger partial charge in [-0.05, 0) is 36.0 Å². The molecule has 0 bridgehead atoms. The number of rotatable bonds is 4. The Labute approximate surface area is 185 Å². The third-order valence-electron chi connectivity index (χ3n) is 6.10. The molecule has 1 aliphatic carbocycles. The Hall–Kier alpha value is -3.67. The average Bonchev–Trinajstić information content (AvgIpc) is 3.16. The largest absolute Gasteiger partial charge is 0.451 e. The van der Waals surface area contributed by atoms with Gasteiger partial charge in [-0.15, -0.1) is 0 Å². The summed E-state index contributed by atoms with van der Waals surface area (Å²) in [5.74, 6) is -0.368. The fourth-order valence-corrected chi connectivity index (χ4v) is 4.56. The zero-order valence-electron chi connectivity index (χ0n) is 18.2. The van der Waals surface area contributed by atoms with Gasteiger partial charge in [0.2, 0.25) is 0 Å². The van der Waals surface area contributed by atoms with Crippen LogP contribution in [-0.4, -0.2) is 15.7 Å². The van der Waals surface area contributed by atoms with E-state index in [0.717, 1.165) is 24.1 Å². The lowest BCUT2D eigenvalue weighted by Crippen LogP contribution is -2.37. The molecule has 1 N–H and O–H groups in total. The predicted molar refractivity (Wildman–Crippen MR) is 123 cm³/mol. The van der Waals surface area contributed by atoms with E-state index in [1.165, 1.54) is 11.6 Å².